The number of nitrogens with one attached hydrogen (secondary N) is 1. The summed E-state index contributed by atoms with van der Waals surface area (Å²) in [5.74, 6) is -1.03. The maximum Gasteiger partial charge on any atom is 0.338 e. The van der Waals surface area contributed by atoms with Crippen molar-refractivity contribution in [2.24, 2.45) is 0 Å². The summed E-state index contributed by atoms with van der Waals surface area (Å²) >= 11 is 5.90. The highest BCUT2D eigenvalue weighted by atomic mass is 35.5. The quantitative estimate of drug-likeness (QED) is 0.613. The Morgan fingerprint density at radius 3 is 2.44 bits per heavy atom. The van der Waals surface area contributed by atoms with Gasteiger partial charge in [-0.1, -0.05) is 30.7 Å². The number of anilines is 1. The van der Waals surface area contributed by atoms with Gasteiger partial charge in [-0.25, -0.2) is 13.2 Å². The molecule has 1 N–H and O–H groups in total. The van der Waals surface area contributed by atoms with E-state index < -0.39 is 22.1 Å². The van der Waals surface area contributed by atoms with E-state index in [4.69, 9.17) is 16.3 Å². The molecular weight excluding hydrogens is 454 g/mol. The zero-order chi connectivity index (χ0) is 23.3. The Morgan fingerprint density at radius 2 is 1.78 bits per heavy atom. The Balaban J connectivity index is 1.66. The molecule has 1 fully saturated rings. The van der Waals surface area contributed by atoms with Crippen LogP contribution in [-0.2, 0) is 19.6 Å². The number of halogens is 1. The molecule has 1 aliphatic heterocycles. The molecule has 0 aliphatic carbocycles. The van der Waals surface area contributed by atoms with Crippen molar-refractivity contribution in [3.63, 3.8) is 0 Å². The molecule has 0 bridgehead atoms. The number of piperazine rings is 1. The lowest BCUT2D eigenvalue weighted by Crippen LogP contribution is -2.51. The molecule has 32 heavy (non-hydrogen) atoms. The van der Waals surface area contributed by atoms with Crippen molar-refractivity contribution in [2.75, 3.05) is 37.4 Å². The molecule has 1 heterocycles. The Morgan fingerprint density at radius 1 is 1.09 bits per heavy atom. The molecule has 8 nitrogen and oxygen atoms in total. The zero-order valence-electron chi connectivity index (χ0n) is 18.0. The molecule has 0 saturated carbocycles. The second-order valence-corrected chi connectivity index (χ2v) is 9.57. The molecule has 2 aromatic carbocycles. The minimum atomic E-state index is -3.95. The molecule has 10 heteroatoms. The Bertz CT molecular complexity index is 1080. The van der Waals surface area contributed by atoms with Gasteiger partial charge in [0.15, 0.2) is 6.10 Å². The molecule has 0 radical (unpaired) electrons. The molecular formula is C22H26ClN3O5S. The van der Waals surface area contributed by atoms with Gasteiger partial charge in [0.2, 0.25) is 0 Å². The van der Waals surface area contributed by atoms with E-state index in [9.17, 15) is 18.0 Å². The molecule has 0 spiro atoms. The predicted octanol–water partition coefficient (Wildman–Crippen LogP) is 2.85. The number of hydrogen-bond acceptors (Lipinski definition) is 6. The van der Waals surface area contributed by atoms with Crippen LogP contribution in [0.2, 0.25) is 5.02 Å². The third-order valence-corrected chi connectivity index (χ3v) is 6.83. The molecule has 2 aromatic rings. The van der Waals surface area contributed by atoms with E-state index in [2.05, 4.69) is 16.5 Å². The number of benzene rings is 2. The summed E-state index contributed by atoms with van der Waals surface area (Å²) in [5, 5.41) is 0.386. The smallest absolute Gasteiger partial charge is 0.338 e. The monoisotopic (exact) mass is 479 g/mol. The summed E-state index contributed by atoms with van der Waals surface area (Å²) < 4.78 is 33.2. The van der Waals surface area contributed by atoms with Gasteiger partial charge in [-0.3, -0.25) is 9.52 Å². The van der Waals surface area contributed by atoms with Crippen molar-refractivity contribution < 1.29 is 22.7 Å². The number of nitrogens with zero attached hydrogens (tertiary/aromatic N) is 2. The van der Waals surface area contributed by atoms with Gasteiger partial charge in [0.25, 0.3) is 15.9 Å². The number of likely N-dealkylation sites (N-methyl/N-ethyl adjacent to an activating group) is 1. The van der Waals surface area contributed by atoms with Gasteiger partial charge >= 0.3 is 5.97 Å². The zero-order valence-corrected chi connectivity index (χ0v) is 19.5. The van der Waals surface area contributed by atoms with Gasteiger partial charge < -0.3 is 14.5 Å². The number of esters is 1. The second-order valence-electron chi connectivity index (χ2n) is 7.45. The van der Waals surface area contributed by atoms with Gasteiger partial charge in [0.1, 0.15) is 0 Å². The lowest BCUT2D eigenvalue weighted by molar-refractivity contribution is -0.141. The number of rotatable bonds is 7. The van der Waals surface area contributed by atoms with Crippen LogP contribution in [0.4, 0.5) is 5.69 Å². The van der Waals surface area contributed by atoms with Crippen LogP contribution in [0, 0.1) is 0 Å². The van der Waals surface area contributed by atoms with E-state index in [0.29, 0.717) is 23.8 Å². The number of carbonyl (C=O) groups is 2. The van der Waals surface area contributed by atoms with E-state index in [0.717, 1.165) is 19.6 Å². The fourth-order valence-corrected chi connectivity index (χ4v) is 4.66. The molecule has 0 unspecified atom stereocenters. The molecule has 1 atom stereocenters. The molecule has 1 saturated heterocycles. The number of ether oxygens (including phenoxy) is 1. The Kier molecular flexibility index (Phi) is 7.76. The van der Waals surface area contributed by atoms with Gasteiger partial charge in [0.05, 0.1) is 16.1 Å². The Hall–Kier alpha value is -2.62. The highest BCUT2D eigenvalue weighted by Gasteiger charge is 2.27. The minimum absolute atomic E-state index is 0.0365. The lowest BCUT2D eigenvalue weighted by atomic mass is 10.2. The summed E-state index contributed by atoms with van der Waals surface area (Å²) in [7, 11) is -3.95. The van der Waals surface area contributed by atoms with Crippen molar-refractivity contribution in [2.45, 2.75) is 24.8 Å². The number of carbonyl (C=O) groups excluding carboxylic acids is 2. The van der Waals surface area contributed by atoms with Crippen molar-refractivity contribution >= 4 is 39.2 Å². The molecule has 172 valence electrons. The summed E-state index contributed by atoms with van der Waals surface area (Å²) in [6.45, 7) is 7.24. The molecule has 0 aromatic heterocycles. The van der Waals surface area contributed by atoms with Crippen LogP contribution in [0.15, 0.2) is 53.4 Å². The number of sulfonamides is 1. The molecule has 1 amide bonds. The normalized spacial score (nSPS) is 15.8. The summed E-state index contributed by atoms with van der Waals surface area (Å²) in [6.07, 6.45) is -0.972. The topological polar surface area (TPSA) is 96.0 Å². The van der Waals surface area contributed by atoms with Crippen LogP contribution >= 0.6 is 11.6 Å². The highest BCUT2D eigenvalue weighted by Crippen LogP contribution is 2.20. The van der Waals surface area contributed by atoms with E-state index in [1.807, 2.05) is 0 Å². The van der Waals surface area contributed by atoms with Crippen molar-refractivity contribution in [1.29, 1.82) is 0 Å². The first kappa shape index (κ1) is 24.0. The van der Waals surface area contributed by atoms with Gasteiger partial charge in [-0.2, -0.15) is 0 Å². The number of hydrogen-bond donors (Lipinski definition) is 1. The van der Waals surface area contributed by atoms with Crippen molar-refractivity contribution in [1.82, 2.24) is 9.80 Å². The van der Waals surface area contributed by atoms with Gasteiger partial charge in [-0.15, -0.1) is 0 Å². The van der Waals surface area contributed by atoms with Crippen LogP contribution in [0.1, 0.15) is 24.2 Å². The van der Waals surface area contributed by atoms with Gasteiger partial charge in [-0.05, 0) is 49.9 Å². The third kappa shape index (κ3) is 5.99. The maximum absolute atomic E-state index is 12.7. The van der Waals surface area contributed by atoms with Crippen LogP contribution in [0.5, 0.6) is 0 Å². The third-order valence-electron chi connectivity index (χ3n) is 5.22. The van der Waals surface area contributed by atoms with E-state index in [-0.39, 0.29) is 16.4 Å². The van der Waals surface area contributed by atoms with Crippen LogP contribution in [0.25, 0.3) is 0 Å². The van der Waals surface area contributed by atoms with Gasteiger partial charge in [0, 0.05) is 31.2 Å². The molecule has 3 rings (SSSR count). The first-order chi connectivity index (χ1) is 15.2. The minimum Gasteiger partial charge on any atom is -0.449 e. The van der Waals surface area contributed by atoms with Crippen LogP contribution in [-0.4, -0.2) is 68.9 Å². The fraction of sp³-hybridized carbons (Fsp3) is 0.364. The SMILES string of the molecule is CCN1CCN(C(=O)[C@H](C)OC(=O)c2cccc(S(=O)(=O)Nc3cccc(Cl)c3)c2)CC1. The predicted molar refractivity (Wildman–Crippen MR) is 122 cm³/mol. The average molecular weight is 480 g/mol. The summed E-state index contributed by atoms with van der Waals surface area (Å²) in [6, 6.07) is 11.8. The number of amides is 1. The first-order valence-corrected chi connectivity index (χ1v) is 12.2. The van der Waals surface area contributed by atoms with Crippen molar-refractivity contribution in [3.8, 4) is 0 Å². The summed E-state index contributed by atoms with van der Waals surface area (Å²) in [5.41, 5.74) is 0.335. The average Bonchev–Trinajstić information content (AvgIpc) is 2.78. The first-order valence-electron chi connectivity index (χ1n) is 10.3. The fourth-order valence-electron chi connectivity index (χ4n) is 3.38. The maximum atomic E-state index is 12.7. The largest absolute Gasteiger partial charge is 0.449 e. The van der Waals surface area contributed by atoms with E-state index >= 15 is 0 Å². The van der Waals surface area contributed by atoms with E-state index in [1.54, 1.807) is 23.1 Å². The molecule has 1 aliphatic rings. The standard InChI is InChI=1S/C22H26ClN3O5S/c1-3-25-10-12-26(13-11-25)21(27)16(2)31-22(28)17-6-4-9-20(14-17)32(29,30)24-19-8-5-7-18(23)15-19/h4-9,14-16,24H,3,10-13H2,1-2H3/t16-/m0/s1. The van der Waals surface area contributed by atoms with E-state index in [1.165, 1.54) is 37.3 Å². The highest BCUT2D eigenvalue weighted by molar-refractivity contribution is 7.92. The Labute approximate surface area is 193 Å². The van der Waals surface area contributed by atoms with Crippen LogP contribution in [0.3, 0.4) is 0 Å². The summed E-state index contributed by atoms with van der Waals surface area (Å²) in [4.78, 5) is 29.0. The lowest BCUT2D eigenvalue weighted by Gasteiger charge is -2.35. The second kappa shape index (κ2) is 10.3. The van der Waals surface area contributed by atoms with Crippen molar-refractivity contribution in [3.05, 3.63) is 59.1 Å². The van der Waals surface area contributed by atoms with Crippen LogP contribution < -0.4 is 4.72 Å².